The average molecular weight is 218 g/mol. The van der Waals surface area contributed by atoms with Crippen LogP contribution in [0.15, 0.2) is 35.7 Å². The molecule has 1 heterocycles. The predicted octanol–water partition coefficient (Wildman–Crippen LogP) is 3.45. The van der Waals surface area contributed by atoms with Crippen LogP contribution in [-0.2, 0) is 0 Å². The molecule has 15 heavy (non-hydrogen) atoms. The Bertz CT molecular complexity index is 425. The molecule has 1 aromatic heterocycles. The Hall–Kier alpha value is -1.12. The molecule has 0 radical (unpaired) electrons. The Kier molecular flexibility index (Phi) is 2.89. The number of hydrogen-bond donors (Lipinski definition) is 1. The molecule has 0 spiro atoms. The molecule has 0 amide bonds. The molecule has 1 aromatic carbocycles. The van der Waals surface area contributed by atoms with Gasteiger partial charge in [0, 0.05) is 4.88 Å². The predicted molar refractivity (Wildman–Crippen MR) is 64.3 cm³/mol. The third kappa shape index (κ3) is 2.28. The summed E-state index contributed by atoms with van der Waals surface area (Å²) in [7, 11) is 0. The van der Waals surface area contributed by atoms with E-state index in [2.05, 4.69) is 19.9 Å². The first-order valence-electron chi connectivity index (χ1n) is 4.96. The Morgan fingerprint density at radius 3 is 2.33 bits per heavy atom. The van der Waals surface area contributed by atoms with Gasteiger partial charge in [0.15, 0.2) is 0 Å². The van der Waals surface area contributed by atoms with Crippen LogP contribution >= 0.6 is 11.3 Å². The molecular formula is C13H14OS. The van der Waals surface area contributed by atoms with Gasteiger partial charge in [-0.3, -0.25) is 0 Å². The van der Waals surface area contributed by atoms with Crippen LogP contribution in [0.5, 0.6) is 0 Å². The van der Waals surface area contributed by atoms with Crippen LogP contribution in [0.25, 0.3) is 0 Å². The highest BCUT2D eigenvalue weighted by atomic mass is 32.1. The highest BCUT2D eigenvalue weighted by Crippen LogP contribution is 2.26. The maximum absolute atomic E-state index is 10.1. The second-order valence-electron chi connectivity index (χ2n) is 3.84. The lowest BCUT2D eigenvalue weighted by Crippen LogP contribution is -1.98. The lowest BCUT2D eigenvalue weighted by atomic mass is 10.0. The maximum Gasteiger partial charge on any atom is 0.113 e. The molecule has 0 aliphatic heterocycles. The molecule has 2 heteroatoms. The van der Waals surface area contributed by atoms with E-state index in [0.29, 0.717) is 0 Å². The van der Waals surface area contributed by atoms with Crippen LogP contribution in [0.3, 0.4) is 0 Å². The van der Waals surface area contributed by atoms with E-state index in [0.717, 1.165) is 10.4 Å². The summed E-state index contributed by atoms with van der Waals surface area (Å²) in [4.78, 5) is 1.00. The molecule has 0 aliphatic rings. The molecule has 1 atom stereocenters. The largest absolute Gasteiger partial charge is 0.383 e. The van der Waals surface area contributed by atoms with Gasteiger partial charge in [0.2, 0.25) is 0 Å². The topological polar surface area (TPSA) is 20.2 Å². The van der Waals surface area contributed by atoms with Gasteiger partial charge in [-0.1, -0.05) is 35.4 Å². The summed E-state index contributed by atoms with van der Waals surface area (Å²) in [6.07, 6.45) is -0.483. The number of rotatable bonds is 2. The van der Waals surface area contributed by atoms with Crippen molar-refractivity contribution in [3.05, 3.63) is 57.3 Å². The Balaban J connectivity index is 2.37. The van der Waals surface area contributed by atoms with Gasteiger partial charge in [-0.05, 0) is 30.9 Å². The number of aliphatic hydroxyl groups excluding tert-OH is 1. The first-order valence-corrected chi connectivity index (χ1v) is 5.84. The summed E-state index contributed by atoms with van der Waals surface area (Å²) in [5.41, 5.74) is 3.37. The lowest BCUT2D eigenvalue weighted by Gasteiger charge is -2.10. The molecule has 0 fully saturated rings. The second-order valence-corrected chi connectivity index (χ2v) is 4.82. The van der Waals surface area contributed by atoms with Crippen molar-refractivity contribution in [2.24, 2.45) is 0 Å². The summed E-state index contributed by atoms with van der Waals surface area (Å²) in [6, 6.07) is 10.1. The Morgan fingerprint density at radius 2 is 1.80 bits per heavy atom. The van der Waals surface area contributed by atoms with E-state index >= 15 is 0 Å². The molecule has 0 unspecified atom stereocenters. The van der Waals surface area contributed by atoms with Gasteiger partial charge in [-0.15, -0.1) is 11.3 Å². The van der Waals surface area contributed by atoms with E-state index in [-0.39, 0.29) is 0 Å². The van der Waals surface area contributed by atoms with Crippen molar-refractivity contribution < 1.29 is 5.11 Å². The smallest absolute Gasteiger partial charge is 0.113 e. The quantitative estimate of drug-likeness (QED) is 0.818. The van der Waals surface area contributed by atoms with Gasteiger partial charge >= 0.3 is 0 Å². The number of benzene rings is 1. The number of thiophene rings is 1. The van der Waals surface area contributed by atoms with Gasteiger partial charge in [0.25, 0.3) is 0 Å². The summed E-state index contributed by atoms with van der Waals surface area (Å²) in [5.74, 6) is 0. The van der Waals surface area contributed by atoms with Crippen molar-refractivity contribution in [2.75, 3.05) is 0 Å². The molecule has 1 nitrogen and oxygen atoms in total. The number of hydrogen-bond acceptors (Lipinski definition) is 2. The van der Waals surface area contributed by atoms with Crippen molar-refractivity contribution in [2.45, 2.75) is 20.0 Å². The fourth-order valence-electron chi connectivity index (χ4n) is 1.78. The van der Waals surface area contributed by atoms with E-state index in [1.807, 2.05) is 29.6 Å². The lowest BCUT2D eigenvalue weighted by molar-refractivity contribution is 0.224. The minimum Gasteiger partial charge on any atom is -0.383 e. The zero-order valence-electron chi connectivity index (χ0n) is 8.90. The van der Waals surface area contributed by atoms with E-state index in [1.54, 1.807) is 11.3 Å². The van der Waals surface area contributed by atoms with Crippen molar-refractivity contribution in [1.29, 1.82) is 0 Å². The van der Waals surface area contributed by atoms with Crippen LogP contribution in [0.2, 0.25) is 0 Å². The van der Waals surface area contributed by atoms with E-state index < -0.39 is 6.10 Å². The number of aliphatic hydroxyl groups is 1. The Morgan fingerprint density at radius 1 is 1.13 bits per heavy atom. The average Bonchev–Trinajstić information content (AvgIpc) is 2.67. The molecular weight excluding hydrogens is 204 g/mol. The zero-order valence-corrected chi connectivity index (χ0v) is 9.71. The first kappa shape index (κ1) is 10.4. The molecule has 1 N–H and O–H groups in total. The van der Waals surface area contributed by atoms with Crippen molar-refractivity contribution in [3.63, 3.8) is 0 Å². The fourth-order valence-corrected chi connectivity index (χ4v) is 2.52. The van der Waals surface area contributed by atoms with Crippen LogP contribution < -0.4 is 0 Å². The first-order chi connectivity index (χ1) is 7.16. The molecule has 78 valence electrons. The van der Waals surface area contributed by atoms with Crippen molar-refractivity contribution in [1.82, 2.24) is 0 Å². The van der Waals surface area contributed by atoms with E-state index in [4.69, 9.17) is 0 Å². The second kappa shape index (κ2) is 4.17. The van der Waals surface area contributed by atoms with Crippen LogP contribution in [0.1, 0.15) is 27.7 Å². The molecule has 0 aliphatic carbocycles. The van der Waals surface area contributed by atoms with Crippen LogP contribution in [0, 0.1) is 13.8 Å². The van der Waals surface area contributed by atoms with Gasteiger partial charge < -0.3 is 5.11 Å². The maximum atomic E-state index is 10.1. The molecule has 0 bridgehead atoms. The molecule has 0 saturated carbocycles. The zero-order chi connectivity index (χ0) is 10.8. The van der Waals surface area contributed by atoms with Gasteiger partial charge in [-0.25, -0.2) is 0 Å². The standard InChI is InChI=1S/C13H14OS/c1-9-6-10(2)8-11(7-9)13(14)12-4-3-5-15-12/h3-8,13-14H,1-2H3/t13-/m1/s1. The summed E-state index contributed by atoms with van der Waals surface area (Å²) in [5, 5.41) is 12.1. The molecule has 2 aromatic rings. The van der Waals surface area contributed by atoms with Gasteiger partial charge in [0.1, 0.15) is 6.10 Å². The Labute approximate surface area is 94.0 Å². The van der Waals surface area contributed by atoms with E-state index in [1.165, 1.54) is 11.1 Å². The van der Waals surface area contributed by atoms with Crippen molar-refractivity contribution in [3.8, 4) is 0 Å². The third-order valence-corrected chi connectivity index (χ3v) is 3.30. The minimum atomic E-state index is -0.483. The highest BCUT2D eigenvalue weighted by Gasteiger charge is 2.11. The monoisotopic (exact) mass is 218 g/mol. The van der Waals surface area contributed by atoms with E-state index in [9.17, 15) is 5.11 Å². The van der Waals surface area contributed by atoms with Crippen LogP contribution in [0.4, 0.5) is 0 Å². The SMILES string of the molecule is Cc1cc(C)cc([C@@H](O)c2cccs2)c1. The summed E-state index contributed by atoms with van der Waals surface area (Å²) >= 11 is 1.59. The normalized spacial score (nSPS) is 12.7. The van der Waals surface area contributed by atoms with Crippen molar-refractivity contribution >= 4 is 11.3 Å². The highest BCUT2D eigenvalue weighted by molar-refractivity contribution is 7.10. The van der Waals surface area contributed by atoms with Gasteiger partial charge in [-0.2, -0.15) is 0 Å². The van der Waals surface area contributed by atoms with Crippen LogP contribution in [-0.4, -0.2) is 5.11 Å². The minimum absolute atomic E-state index is 0.483. The molecule has 0 saturated heterocycles. The summed E-state index contributed by atoms with van der Waals surface area (Å²) < 4.78 is 0. The number of aryl methyl sites for hydroxylation is 2. The fraction of sp³-hybridized carbons (Fsp3) is 0.231. The molecule has 2 rings (SSSR count). The third-order valence-electron chi connectivity index (χ3n) is 2.37. The van der Waals surface area contributed by atoms with Gasteiger partial charge in [0.05, 0.1) is 0 Å². The summed E-state index contributed by atoms with van der Waals surface area (Å²) in [6.45, 7) is 4.11.